The van der Waals surface area contributed by atoms with Gasteiger partial charge in [-0.15, -0.1) is 0 Å². The second-order valence-electron chi connectivity index (χ2n) is 4.89. The topological polar surface area (TPSA) is 30.5 Å². The molecule has 0 fully saturated rings. The van der Waals surface area contributed by atoms with Crippen LogP contribution in [0.25, 0.3) is 0 Å². The second-order valence-corrected chi connectivity index (χ2v) is 4.89. The molecule has 1 aromatic rings. The van der Waals surface area contributed by atoms with E-state index in [0.717, 1.165) is 30.4 Å². The van der Waals surface area contributed by atoms with Crippen molar-refractivity contribution in [3.63, 3.8) is 0 Å². The maximum Gasteiger partial charge on any atom is 0.163 e. The van der Waals surface area contributed by atoms with E-state index >= 15 is 0 Å². The number of rotatable bonds is 2. The lowest BCUT2D eigenvalue weighted by molar-refractivity contribution is 0.171. The minimum atomic E-state index is 0.657. The summed E-state index contributed by atoms with van der Waals surface area (Å²) >= 11 is 0. The van der Waals surface area contributed by atoms with Crippen molar-refractivity contribution in [2.45, 2.75) is 26.2 Å². The predicted octanol–water partition coefficient (Wildman–Crippen LogP) is 2.84. The molecule has 1 aromatic carbocycles. The zero-order chi connectivity index (χ0) is 11.7. The number of hydrogen-bond acceptors (Lipinski definition) is 3. The Kier molecular flexibility index (Phi) is 2.83. The third-order valence-corrected chi connectivity index (χ3v) is 3.55. The Balaban J connectivity index is 1.87. The molecule has 0 amide bonds. The van der Waals surface area contributed by atoms with Gasteiger partial charge in [-0.1, -0.05) is 13.3 Å². The molecule has 92 valence electrons. The summed E-state index contributed by atoms with van der Waals surface area (Å²) < 4.78 is 11.2. The van der Waals surface area contributed by atoms with Crippen LogP contribution in [-0.4, -0.2) is 19.8 Å². The minimum Gasteiger partial charge on any atom is -0.486 e. The van der Waals surface area contributed by atoms with Crippen LogP contribution in [0.3, 0.4) is 0 Å². The summed E-state index contributed by atoms with van der Waals surface area (Å²) in [6.45, 7) is 4.65. The first-order valence-corrected chi connectivity index (χ1v) is 6.53. The largest absolute Gasteiger partial charge is 0.486 e. The third kappa shape index (κ3) is 2.06. The Morgan fingerprint density at radius 2 is 2.00 bits per heavy atom. The third-order valence-electron chi connectivity index (χ3n) is 3.55. The van der Waals surface area contributed by atoms with Gasteiger partial charge in [-0.2, -0.15) is 0 Å². The van der Waals surface area contributed by atoms with Crippen molar-refractivity contribution in [1.82, 2.24) is 0 Å². The quantitative estimate of drug-likeness (QED) is 0.852. The number of hydrogen-bond donors (Lipinski definition) is 1. The van der Waals surface area contributed by atoms with E-state index in [-0.39, 0.29) is 0 Å². The van der Waals surface area contributed by atoms with Crippen LogP contribution >= 0.6 is 0 Å². The van der Waals surface area contributed by atoms with E-state index < -0.39 is 0 Å². The Morgan fingerprint density at radius 3 is 2.76 bits per heavy atom. The second kappa shape index (κ2) is 4.47. The fourth-order valence-electron chi connectivity index (χ4n) is 2.71. The van der Waals surface area contributed by atoms with Gasteiger partial charge in [0, 0.05) is 18.3 Å². The molecule has 2 heterocycles. The average Bonchev–Trinajstić information content (AvgIpc) is 2.36. The van der Waals surface area contributed by atoms with Crippen LogP contribution in [0.5, 0.6) is 11.5 Å². The molecule has 2 aliphatic rings. The molecule has 2 aliphatic heterocycles. The maximum atomic E-state index is 5.63. The maximum absolute atomic E-state index is 5.63. The number of anilines is 1. The average molecular weight is 233 g/mol. The Labute approximate surface area is 102 Å². The zero-order valence-electron chi connectivity index (χ0n) is 10.3. The van der Waals surface area contributed by atoms with Gasteiger partial charge < -0.3 is 14.8 Å². The van der Waals surface area contributed by atoms with E-state index in [0.29, 0.717) is 13.2 Å². The predicted molar refractivity (Wildman–Crippen MR) is 68.0 cm³/mol. The molecule has 0 saturated carbocycles. The van der Waals surface area contributed by atoms with Gasteiger partial charge in [-0.05, 0) is 30.4 Å². The molecule has 0 aromatic heterocycles. The van der Waals surface area contributed by atoms with Gasteiger partial charge in [0.15, 0.2) is 11.5 Å². The highest BCUT2D eigenvalue weighted by Crippen LogP contribution is 2.38. The summed E-state index contributed by atoms with van der Waals surface area (Å²) in [4.78, 5) is 0. The molecule has 0 saturated heterocycles. The van der Waals surface area contributed by atoms with Crippen LogP contribution in [0.15, 0.2) is 12.1 Å². The first kappa shape index (κ1) is 10.8. The molecular weight excluding hydrogens is 214 g/mol. The summed E-state index contributed by atoms with van der Waals surface area (Å²) in [5, 5.41) is 3.51. The monoisotopic (exact) mass is 233 g/mol. The molecule has 3 nitrogen and oxygen atoms in total. The molecule has 1 N–H and O–H groups in total. The number of benzene rings is 1. The number of nitrogens with one attached hydrogen (secondary N) is 1. The van der Waals surface area contributed by atoms with Crippen LogP contribution in [-0.2, 0) is 6.42 Å². The van der Waals surface area contributed by atoms with E-state index in [2.05, 4.69) is 24.4 Å². The minimum absolute atomic E-state index is 0.657. The van der Waals surface area contributed by atoms with E-state index in [4.69, 9.17) is 9.47 Å². The van der Waals surface area contributed by atoms with Gasteiger partial charge in [0.1, 0.15) is 13.2 Å². The fraction of sp³-hybridized carbons (Fsp3) is 0.571. The summed E-state index contributed by atoms with van der Waals surface area (Å²) in [7, 11) is 0. The fourth-order valence-corrected chi connectivity index (χ4v) is 2.71. The van der Waals surface area contributed by atoms with Gasteiger partial charge in [-0.25, -0.2) is 0 Å². The van der Waals surface area contributed by atoms with Crippen molar-refractivity contribution in [2.24, 2.45) is 5.92 Å². The van der Waals surface area contributed by atoms with Crippen LogP contribution in [0.2, 0.25) is 0 Å². The van der Waals surface area contributed by atoms with Gasteiger partial charge in [-0.3, -0.25) is 0 Å². The smallest absolute Gasteiger partial charge is 0.163 e. The Bertz CT molecular complexity index is 417. The molecule has 17 heavy (non-hydrogen) atoms. The standard InChI is InChI=1S/C14H19NO2/c1-2-3-10-6-11-7-13-14(17-5-4-16-13)8-12(11)15-9-10/h7-8,10,15H,2-6,9H2,1H3. The van der Waals surface area contributed by atoms with Crippen LogP contribution < -0.4 is 14.8 Å². The Morgan fingerprint density at radius 1 is 1.24 bits per heavy atom. The van der Waals surface area contributed by atoms with Gasteiger partial charge in [0.05, 0.1) is 0 Å². The lowest BCUT2D eigenvalue weighted by Gasteiger charge is -2.28. The highest BCUT2D eigenvalue weighted by Gasteiger charge is 2.21. The molecule has 1 atom stereocenters. The summed E-state index contributed by atoms with van der Waals surface area (Å²) in [5.74, 6) is 2.56. The van der Waals surface area contributed by atoms with Crippen molar-refractivity contribution in [3.05, 3.63) is 17.7 Å². The molecule has 0 bridgehead atoms. The van der Waals surface area contributed by atoms with Crippen molar-refractivity contribution < 1.29 is 9.47 Å². The lowest BCUT2D eigenvalue weighted by Crippen LogP contribution is -2.24. The van der Waals surface area contributed by atoms with E-state index in [1.165, 1.54) is 24.1 Å². The molecule has 0 radical (unpaired) electrons. The van der Waals surface area contributed by atoms with Crippen LogP contribution in [0.1, 0.15) is 25.3 Å². The highest BCUT2D eigenvalue weighted by atomic mass is 16.6. The molecule has 0 aliphatic carbocycles. The zero-order valence-corrected chi connectivity index (χ0v) is 10.3. The molecule has 3 rings (SSSR count). The molecule has 1 unspecified atom stereocenters. The lowest BCUT2D eigenvalue weighted by atomic mass is 9.90. The van der Waals surface area contributed by atoms with E-state index in [9.17, 15) is 0 Å². The van der Waals surface area contributed by atoms with Crippen molar-refractivity contribution in [1.29, 1.82) is 0 Å². The van der Waals surface area contributed by atoms with Gasteiger partial charge in [0.25, 0.3) is 0 Å². The molecule has 0 spiro atoms. The van der Waals surface area contributed by atoms with Crippen LogP contribution in [0, 0.1) is 5.92 Å². The van der Waals surface area contributed by atoms with Gasteiger partial charge in [0.2, 0.25) is 0 Å². The van der Waals surface area contributed by atoms with Crippen molar-refractivity contribution in [3.8, 4) is 11.5 Å². The van der Waals surface area contributed by atoms with Gasteiger partial charge >= 0.3 is 0 Å². The van der Waals surface area contributed by atoms with Crippen molar-refractivity contribution >= 4 is 5.69 Å². The number of ether oxygens (including phenoxy) is 2. The first-order chi connectivity index (χ1) is 8.36. The normalized spacial score (nSPS) is 21.6. The summed E-state index contributed by atoms with van der Waals surface area (Å²) in [6.07, 6.45) is 3.71. The number of fused-ring (bicyclic) bond motifs is 2. The molecule has 3 heteroatoms. The Hall–Kier alpha value is -1.38. The molecular formula is C14H19NO2. The van der Waals surface area contributed by atoms with Crippen molar-refractivity contribution in [2.75, 3.05) is 25.1 Å². The summed E-state index contributed by atoms with van der Waals surface area (Å²) in [5.41, 5.74) is 2.60. The van der Waals surface area contributed by atoms with E-state index in [1.54, 1.807) is 0 Å². The van der Waals surface area contributed by atoms with Crippen LogP contribution in [0.4, 0.5) is 5.69 Å². The summed E-state index contributed by atoms with van der Waals surface area (Å²) in [6, 6.07) is 4.24. The highest BCUT2D eigenvalue weighted by molar-refractivity contribution is 5.62. The first-order valence-electron chi connectivity index (χ1n) is 6.53. The van der Waals surface area contributed by atoms with E-state index in [1.807, 2.05) is 0 Å². The SMILES string of the molecule is CCCC1CNc2cc3c(cc2C1)OCCO3.